The molecule has 0 spiro atoms. The van der Waals surface area contributed by atoms with E-state index in [-0.39, 0.29) is 24.3 Å². The zero-order chi connectivity index (χ0) is 23.2. The van der Waals surface area contributed by atoms with Crippen molar-refractivity contribution in [3.05, 3.63) is 64.6 Å². The highest BCUT2D eigenvalue weighted by molar-refractivity contribution is 5.98. The van der Waals surface area contributed by atoms with Crippen LogP contribution in [0.15, 0.2) is 36.7 Å². The summed E-state index contributed by atoms with van der Waals surface area (Å²) < 4.78 is 44.2. The molecule has 0 unspecified atom stereocenters. The minimum Gasteiger partial charge on any atom is -0.363 e. The molecule has 0 saturated carbocycles. The fourth-order valence-electron chi connectivity index (χ4n) is 4.07. The van der Waals surface area contributed by atoms with Crippen LogP contribution in [-0.2, 0) is 13.6 Å². The molecule has 2 atom stereocenters. The van der Waals surface area contributed by atoms with Crippen LogP contribution in [0.5, 0.6) is 0 Å². The fraction of sp³-hybridized carbons (Fsp3) is 0.409. The number of fused-ring (bicyclic) bond motifs is 1. The molecule has 1 amide bonds. The number of anilines is 1. The van der Waals surface area contributed by atoms with E-state index in [1.807, 2.05) is 44.3 Å². The van der Waals surface area contributed by atoms with Crippen molar-refractivity contribution in [3.63, 3.8) is 0 Å². The van der Waals surface area contributed by atoms with Gasteiger partial charge in [0.2, 0.25) is 0 Å². The Morgan fingerprint density at radius 3 is 2.53 bits per heavy atom. The average Bonchev–Trinajstić information content (AvgIpc) is 3.28. The van der Waals surface area contributed by atoms with Crippen LogP contribution >= 0.6 is 0 Å². The van der Waals surface area contributed by atoms with E-state index in [4.69, 9.17) is 0 Å². The van der Waals surface area contributed by atoms with Crippen molar-refractivity contribution in [2.75, 3.05) is 12.4 Å². The van der Waals surface area contributed by atoms with Gasteiger partial charge in [0.05, 0.1) is 17.9 Å². The third kappa shape index (κ3) is 4.09. The number of rotatable bonds is 4. The van der Waals surface area contributed by atoms with Gasteiger partial charge in [-0.1, -0.05) is 29.8 Å². The number of carbonyl (C=O) groups is 1. The Balaban J connectivity index is 1.66. The summed E-state index contributed by atoms with van der Waals surface area (Å²) in [5.74, 6) is -0.323. The molecule has 7 nitrogen and oxygen atoms in total. The molecule has 1 aliphatic rings. The van der Waals surface area contributed by atoms with Crippen molar-refractivity contribution in [3.8, 4) is 0 Å². The van der Waals surface area contributed by atoms with Crippen LogP contribution in [0.2, 0.25) is 0 Å². The number of halogens is 3. The molecule has 0 aliphatic carbocycles. The Kier molecular flexibility index (Phi) is 5.47. The van der Waals surface area contributed by atoms with E-state index in [1.165, 1.54) is 11.1 Å². The second-order valence-corrected chi connectivity index (χ2v) is 8.33. The van der Waals surface area contributed by atoms with Crippen molar-refractivity contribution in [2.45, 2.75) is 45.1 Å². The van der Waals surface area contributed by atoms with E-state index in [0.717, 1.165) is 27.1 Å². The summed E-state index contributed by atoms with van der Waals surface area (Å²) >= 11 is 0. The molecular formula is C22H25F3N6O. The Bertz CT molecular complexity index is 1130. The van der Waals surface area contributed by atoms with Crippen molar-refractivity contribution in [2.24, 2.45) is 7.05 Å². The number of hydrogen-bond donors (Lipinski definition) is 1. The lowest BCUT2D eigenvalue weighted by Crippen LogP contribution is -2.36. The van der Waals surface area contributed by atoms with Crippen LogP contribution in [0, 0.1) is 13.8 Å². The minimum atomic E-state index is -4.50. The van der Waals surface area contributed by atoms with Gasteiger partial charge in [0.1, 0.15) is 11.4 Å². The molecule has 0 fully saturated rings. The molecule has 0 radical (unpaired) electrons. The van der Waals surface area contributed by atoms with Gasteiger partial charge < -0.3 is 10.2 Å². The topological polar surface area (TPSA) is 68.0 Å². The number of nitrogens with zero attached hydrogens (tertiary/aromatic N) is 5. The van der Waals surface area contributed by atoms with Gasteiger partial charge >= 0.3 is 6.18 Å². The van der Waals surface area contributed by atoms with Crippen molar-refractivity contribution >= 4 is 11.7 Å². The van der Waals surface area contributed by atoms with Crippen LogP contribution in [0.4, 0.5) is 19.0 Å². The normalized spacial score (nSPS) is 18.2. The van der Waals surface area contributed by atoms with Gasteiger partial charge in [-0.25, -0.2) is 4.68 Å². The van der Waals surface area contributed by atoms with Crippen LogP contribution in [0.1, 0.15) is 51.2 Å². The molecule has 170 valence electrons. The fourth-order valence-corrected chi connectivity index (χ4v) is 4.07. The summed E-state index contributed by atoms with van der Waals surface area (Å²) in [7, 11) is 3.40. The largest absolute Gasteiger partial charge is 0.410 e. The summed E-state index contributed by atoms with van der Waals surface area (Å²) in [4.78, 5) is 14.6. The van der Waals surface area contributed by atoms with Crippen molar-refractivity contribution in [1.82, 2.24) is 24.5 Å². The second-order valence-electron chi connectivity index (χ2n) is 8.33. The molecule has 1 aliphatic heterocycles. The molecule has 1 N–H and O–H groups in total. The highest BCUT2D eigenvalue weighted by Crippen LogP contribution is 2.44. The molecule has 3 heterocycles. The van der Waals surface area contributed by atoms with E-state index in [0.29, 0.717) is 0 Å². The number of alkyl halides is 3. The molecule has 2 aromatic heterocycles. The maximum absolute atomic E-state index is 13.9. The molecule has 1 aromatic carbocycles. The third-order valence-electron chi connectivity index (χ3n) is 5.82. The summed E-state index contributed by atoms with van der Waals surface area (Å²) in [6, 6.07) is 4.93. The molecule has 3 aromatic rings. The first-order valence-electron chi connectivity index (χ1n) is 10.3. The first-order valence-corrected chi connectivity index (χ1v) is 10.3. The SMILES string of the molecule is Cc1ccc([C@@H]2C[C@@H](C(F)(F)F)n3ncc(C(=O)N(C)Cc4cn(C)nc4C)c3N2)cc1. The number of hydrogen-bond acceptors (Lipinski definition) is 4. The quantitative estimate of drug-likeness (QED) is 0.653. The van der Waals surface area contributed by atoms with E-state index >= 15 is 0 Å². The lowest BCUT2D eigenvalue weighted by atomic mass is 9.96. The summed E-state index contributed by atoms with van der Waals surface area (Å²) in [5.41, 5.74) is 3.52. The number of aromatic nitrogens is 4. The summed E-state index contributed by atoms with van der Waals surface area (Å²) in [6.45, 7) is 4.05. The minimum absolute atomic E-state index is 0.0870. The second kappa shape index (κ2) is 7.99. The van der Waals surface area contributed by atoms with Crippen molar-refractivity contribution in [1.29, 1.82) is 0 Å². The molecular weight excluding hydrogens is 421 g/mol. The Labute approximate surface area is 183 Å². The smallest absolute Gasteiger partial charge is 0.363 e. The average molecular weight is 446 g/mol. The number of nitrogens with one attached hydrogen (secondary N) is 1. The van der Waals surface area contributed by atoms with Gasteiger partial charge in [-0.15, -0.1) is 0 Å². The monoisotopic (exact) mass is 446 g/mol. The number of carbonyl (C=O) groups excluding carboxylic acids is 1. The first-order chi connectivity index (χ1) is 15.0. The predicted octanol–water partition coefficient (Wildman–Crippen LogP) is 4.17. The highest BCUT2D eigenvalue weighted by atomic mass is 19.4. The van der Waals surface area contributed by atoms with Crippen LogP contribution in [-0.4, -0.2) is 43.6 Å². The van der Waals surface area contributed by atoms with Crippen molar-refractivity contribution < 1.29 is 18.0 Å². The number of benzene rings is 1. The van der Waals surface area contributed by atoms with E-state index in [2.05, 4.69) is 15.5 Å². The molecule has 0 bridgehead atoms. The standard InChI is InChI=1S/C22H25F3N6O/c1-13-5-7-15(8-6-13)18-9-19(22(23,24)25)31-20(27-18)17(10-26-31)21(32)29(3)11-16-12-30(4)28-14(16)2/h5-8,10,12,18-19,27H,9,11H2,1-4H3/t18-,19-/m0/s1. The Morgan fingerprint density at radius 2 is 1.94 bits per heavy atom. The lowest BCUT2D eigenvalue weighted by Gasteiger charge is -2.34. The number of amides is 1. The first kappa shape index (κ1) is 21.9. The van der Waals surface area contributed by atoms with Crippen LogP contribution in [0.3, 0.4) is 0 Å². The zero-order valence-corrected chi connectivity index (χ0v) is 18.3. The van der Waals surface area contributed by atoms with E-state index < -0.39 is 24.2 Å². The highest BCUT2D eigenvalue weighted by Gasteiger charge is 2.47. The Hall–Kier alpha value is -3.30. The van der Waals surface area contributed by atoms with Gasteiger partial charge in [-0.2, -0.15) is 23.4 Å². The van der Waals surface area contributed by atoms with Crippen LogP contribution in [0.25, 0.3) is 0 Å². The number of aryl methyl sites for hydroxylation is 3. The maximum atomic E-state index is 13.9. The van der Waals surface area contributed by atoms with Crippen LogP contribution < -0.4 is 5.32 Å². The summed E-state index contributed by atoms with van der Waals surface area (Å²) in [5, 5.41) is 11.4. The van der Waals surface area contributed by atoms with Gasteiger partial charge in [-0.3, -0.25) is 9.48 Å². The van der Waals surface area contributed by atoms with E-state index in [9.17, 15) is 18.0 Å². The van der Waals surface area contributed by atoms with Gasteiger partial charge in [0.25, 0.3) is 5.91 Å². The van der Waals surface area contributed by atoms with Gasteiger partial charge in [0.15, 0.2) is 6.04 Å². The van der Waals surface area contributed by atoms with Gasteiger partial charge in [0, 0.05) is 38.8 Å². The predicted molar refractivity (Wildman–Crippen MR) is 113 cm³/mol. The molecule has 4 rings (SSSR count). The molecule has 0 saturated heterocycles. The van der Waals surface area contributed by atoms with Gasteiger partial charge in [-0.05, 0) is 19.4 Å². The molecule has 10 heteroatoms. The summed E-state index contributed by atoms with van der Waals surface area (Å²) in [6.07, 6.45) is -1.67. The third-order valence-corrected chi connectivity index (χ3v) is 5.82. The molecule has 32 heavy (non-hydrogen) atoms. The zero-order valence-electron chi connectivity index (χ0n) is 18.3. The Morgan fingerprint density at radius 1 is 1.25 bits per heavy atom. The maximum Gasteiger partial charge on any atom is 0.410 e. The van der Waals surface area contributed by atoms with E-state index in [1.54, 1.807) is 18.8 Å². The lowest BCUT2D eigenvalue weighted by molar-refractivity contribution is -0.173.